The van der Waals surface area contributed by atoms with Crippen molar-refractivity contribution in [3.8, 4) is 0 Å². The topological polar surface area (TPSA) is 32.3 Å². The minimum Gasteiger partial charge on any atom is -0.340 e. The molecule has 0 aromatic carbocycles. The van der Waals surface area contributed by atoms with Crippen LogP contribution in [0, 0.1) is 5.41 Å². The molecule has 0 saturated carbocycles. The van der Waals surface area contributed by atoms with Crippen molar-refractivity contribution < 1.29 is 4.79 Å². The molecule has 1 unspecified atom stereocenters. The van der Waals surface area contributed by atoms with Crippen LogP contribution in [0.5, 0.6) is 0 Å². The smallest absolute Gasteiger partial charge is 0.223 e. The lowest BCUT2D eigenvalue weighted by Crippen LogP contribution is -2.51. The molecule has 0 spiro atoms. The summed E-state index contributed by atoms with van der Waals surface area (Å²) in [5.74, 6) is 0.315. The van der Waals surface area contributed by atoms with E-state index in [1.807, 2.05) is 4.90 Å². The molecule has 1 atom stereocenters. The largest absolute Gasteiger partial charge is 0.340 e. The summed E-state index contributed by atoms with van der Waals surface area (Å²) < 4.78 is 0. The maximum Gasteiger partial charge on any atom is 0.223 e. The molecule has 1 heterocycles. The fourth-order valence-corrected chi connectivity index (χ4v) is 1.81. The predicted molar refractivity (Wildman–Crippen MR) is 70.0 cm³/mol. The number of rotatable bonds is 3. The second-order valence-electron chi connectivity index (χ2n) is 5.39. The molecule has 1 aliphatic rings. The maximum absolute atomic E-state index is 12.0. The van der Waals surface area contributed by atoms with Crippen LogP contribution in [0.4, 0.5) is 0 Å². The van der Waals surface area contributed by atoms with Gasteiger partial charge in [-0.3, -0.25) is 4.79 Å². The molecule has 0 aromatic heterocycles. The Morgan fingerprint density at radius 1 is 1.50 bits per heavy atom. The minimum absolute atomic E-state index is 0. The molecule has 0 radical (unpaired) electrons. The van der Waals surface area contributed by atoms with E-state index in [1.54, 1.807) is 0 Å². The molecule has 0 bridgehead atoms. The normalized spacial score (nSPS) is 21.5. The zero-order valence-electron chi connectivity index (χ0n) is 10.9. The molecule has 3 nitrogen and oxygen atoms in total. The van der Waals surface area contributed by atoms with E-state index >= 15 is 0 Å². The van der Waals surface area contributed by atoms with Crippen molar-refractivity contribution in [2.45, 2.75) is 46.6 Å². The molecule has 1 rings (SSSR count). The van der Waals surface area contributed by atoms with Gasteiger partial charge in [-0.05, 0) is 12.3 Å². The zero-order chi connectivity index (χ0) is 11.5. The van der Waals surface area contributed by atoms with E-state index < -0.39 is 0 Å². The van der Waals surface area contributed by atoms with E-state index in [4.69, 9.17) is 0 Å². The molecule has 1 saturated heterocycles. The first-order chi connectivity index (χ1) is 6.94. The molecular formula is C12H25ClN2O. The molecule has 16 heavy (non-hydrogen) atoms. The van der Waals surface area contributed by atoms with Crippen LogP contribution in [0.15, 0.2) is 0 Å². The van der Waals surface area contributed by atoms with Gasteiger partial charge in [0.15, 0.2) is 0 Å². The zero-order valence-corrected chi connectivity index (χ0v) is 11.7. The van der Waals surface area contributed by atoms with E-state index in [2.05, 4.69) is 33.0 Å². The van der Waals surface area contributed by atoms with Gasteiger partial charge in [0.05, 0.1) is 0 Å². The summed E-state index contributed by atoms with van der Waals surface area (Å²) in [6.45, 7) is 11.3. The SMILES string of the molecule is CCC(C)(C)CC(=O)N1CCNC(C)C1.Cl. The minimum atomic E-state index is 0. The second-order valence-corrected chi connectivity index (χ2v) is 5.39. The van der Waals surface area contributed by atoms with Gasteiger partial charge in [0.1, 0.15) is 0 Å². The van der Waals surface area contributed by atoms with Crippen LogP contribution in [0.3, 0.4) is 0 Å². The van der Waals surface area contributed by atoms with E-state index in [0.717, 1.165) is 26.1 Å². The first-order valence-electron chi connectivity index (χ1n) is 5.96. The summed E-state index contributed by atoms with van der Waals surface area (Å²) in [5, 5.41) is 3.35. The Bertz CT molecular complexity index is 231. The van der Waals surface area contributed by atoms with E-state index in [1.165, 1.54) is 0 Å². The molecule has 0 aromatic rings. The second kappa shape index (κ2) is 6.45. The van der Waals surface area contributed by atoms with Crippen LogP contribution < -0.4 is 5.32 Å². The summed E-state index contributed by atoms with van der Waals surface area (Å²) >= 11 is 0. The summed E-state index contributed by atoms with van der Waals surface area (Å²) in [6.07, 6.45) is 1.73. The quantitative estimate of drug-likeness (QED) is 0.829. The third-order valence-electron chi connectivity index (χ3n) is 3.31. The van der Waals surface area contributed by atoms with Gasteiger partial charge in [0.2, 0.25) is 5.91 Å². The average molecular weight is 249 g/mol. The van der Waals surface area contributed by atoms with Crippen molar-refractivity contribution in [1.82, 2.24) is 10.2 Å². The van der Waals surface area contributed by atoms with E-state index in [9.17, 15) is 4.79 Å². The Morgan fingerprint density at radius 3 is 2.62 bits per heavy atom. The summed E-state index contributed by atoms with van der Waals surface area (Å²) in [7, 11) is 0. The Balaban J connectivity index is 0.00000225. The maximum atomic E-state index is 12.0. The number of nitrogens with zero attached hydrogens (tertiary/aromatic N) is 1. The molecule has 1 N–H and O–H groups in total. The Labute approximate surface area is 105 Å². The van der Waals surface area contributed by atoms with Gasteiger partial charge in [-0.25, -0.2) is 0 Å². The van der Waals surface area contributed by atoms with E-state index in [-0.39, 0.29) is 17.8 Å². The summed E-state index contributed by atoms with van der Waals surface area (Å²) in [6, 6.07) is 0.437. The highest BCUT2D eigenvalue weighted by molar-refractivity contribution is 5.85. The Hall–Kier alpha value is -0.280. The molecule has 1 amide bonds. The van der Waals surface area contributed by atoms with Crippen molar-refractivity contribution >= 4 is 18.3 Å². The number of carbonyl (C=O) groups is 1. The van der Waals surface area contributed by atoms with Gasteiger partial charge < -0.3 is 10.2 Å². The highest BCUT2D eigenvalue weighted by Crippen LogP contribution is 2.25. The number of amides is 1. The number of nitrogens with one attached hydrogen (secondary N) is 1. The van der Waals surface area contributed by atoms with Gasteiger partial charge in [0, 0.05) is 32.1 Å². The molecular weight excluding hydrogens is 224 g/mol. The van der Waals surface area contributed by atoms with Crippen LogP contribution in [0.2, 0.25) is 0 Å². The van der Waals surface area contributed by atoms with Gasteiger partial charge >= 0.3 is 0 Å². The number of carbonyl (C=O) groups excluding carboxylic acids is 1. The van der Waals surface area contributed by atoms with Crippen LogP contribution in [-0.2, 0) is 4.79 Å². The highest BCUT2D eigenvalue weighted by atomic mass is 35.5. The van der Waals surface area contributed by atoms with Crippen molar-refractivity contribution in [3.63, 3.8) is 0 Å². The Morgan fingerprint density at radius 2 is 2.12 bits per heavy atom. The van der Waals surface area contributed by atoms with Crippen molar-refractivity contribution in [2.24, 2.45) is 5.41 Å². The lowest BCUT2D eigenvalue weighted by Gasteiger charge is -2.34. The van der Waals surface area contributed by atoms with Gasteiger partial charge in [-0.2, -0.15) is 0 Å². The summed E-state index contributed by atoms with van der Waals surface area (Å²) in [4.78, 5) is 14.0. The Kier molecular flexibility index (Phi) is 6.34. The van der Waals surface area contributed by atoms with Crippen LogP contribution >= 0.6 is 12.4 Å². The fourth-order valence-electron chi connectivity index (χ4n) is 1.81. The molecule has 96 valence electrons. The molecule has 4 heteroatoms. The first kappa shape index (κ1) is 15.7. The lowest BCUT2D eigenvalue weighted by atomic mass is 9.86. The van der Waals surface area contributed by atoms with Gasteiger partial charge in [-0.1, -0.05) is 27.2 Å². The van der Waals surface area contributed by atoms with E-state index in [0.29, 0.717) is 18.4 Å². The summed E-state index contributed by atoms with van der Waals surface area (Å²) in [5.41, 5.74) is 0.144. The average Bonchev–Trinajstić information content (AvgIpc) is 2.17. The van der Waals surface area contributed by atoms with Crippen molar-refractivity contribution in [3.05, 3.63) is 0 Å². The van der Waals surface area contributed by atoms with Crippen molar-refractivity contribution in [2.75, 3.05) is 19.6 Å². The molecule has 1 aliphatic heterocycles. The highest BCUT2D eigenvalue weighted by Gasteiger charge is 2.26. The molecule has 1 fully saturated rings. The molecule has 0 aliphatic carbocycles. The standard InChI is InChI=1S/C12H24N2O.ClH/c1-5-12(3,4)8-11(15)14-7-6-13-10(2)9-14;/h10,13H,5-9H2,1-4H3;1H. The first-order valence-corrected chi connectivity index (χ1v) is 5.96. The predicted octanol–water partition coefficient (Wildman–Crippen LogP) is 2.05. The number of hydrogen-bond acceptors (Lipinski definition) is 2. The number of halogens is 1. The monoisotopic (exact) mass is 248 g/mol. The van der Waals surface area contributed by atoms with Crippen LogP contribution in [-0.4, -0.2) is 36.5 Å². The fraction of sp³-hybridized carbons (Fsp3) is 0.917. The third kappa shape index (κ3) is 4.71. The van der Waals surface area contributed by atoms with Crippen LogP contribution in [0.25, 0.3) is 0 Å². The lowest BCUT2D eigenvalue weighted by molar-refractivity contribution is -0.134. The third-order valence-corrected chi connectivity index (χ3v) is 3.31. The van der Waals surface area contributed by atoms with Gasteiger partial charge in [0.25, 0.3) is 0 Å². The van der Waals surface area contributed by atoms with Crippen LogP contribution in [0.1, 0.15) is 40.5 Å². The van der Waals surface area contributed by atoms with Gasteiger partial charge in [-0.15, -0.1) is 12.4 Å². The number of hydrogen-bond donors (Lipinski definition) is 1. The number of piperazine rings is 1. The van der Waals surface area contributed by atoms with Crippen molar-refractivity contribution in [1.29, 1.82) is 0 Å².